The highest BCUT2D eigenvalue weighted by Crippen LogP contribution is 2.22. The highest BCUT2D eigenvalue weighted by atomic mass is 32.1. The van der Waals surface area contributed by atoms with E-state index in [0.717, 1.165) is 18.8 Å². The van der Waals surface area contributed by atoms with Crippen molar-refractivity contribution >= 4 is 17.3 Å². The van der Waals surface area contributed by atoms with Gasteiger partial charge in [-0.3, -0.25) is 0 Å². The smallest absolute Gasteiger partial charge is 0.223 e. The number of hydrogen-bond acceptors (Lipinski definition) is 5. The van der Waals surface area contributed by atoms with Gasteiger partial charge in [-0.2, -0.15) is 0 Å². The summed E-state index contributed by atoms with van der Waals surface area (Å²) < 4.78 is 0. The summed E-state index contributed by atoms with van der Waals surface area (Å²) in [5, 5.41) is 5.27. The van der Waals surface area contributed by atoms with Crippen LogP contribution >= 0.6 is 11.3 Å². The summed E-state index contributed by atoms with van der Waals surface area (Å²) in [6.45, 7) is 1.81. The SMILES string of the molecule is CN(C)CCNc1nccc(-c2cccs2)n1. The summed E-state index contributed by atoms with van der Waals surface area (Å²) >= 11 is 1.69. The normalized spacial score (nSPS) is 10.8. The summed E-state index contributed by atoms with van der Waals surface area (Å²) in [4.78, 5) is 12.0. The molecule has 0 aromatic carbocycles. The van der Waals surface area contributed by atoms with Crippen LogP contribution in [0.1, 0.15) is 0 Å². The molecule has 2 rings (SSSR count). The number of anilines is 1. The molecular weight excluding hydrogens is 232 g/mol. The molecule has 0 bridgehead atoms. The molecule has 0 spiro atoms. The molecule has 2 aromatic rings. The molecule has 90 valence electrons. The van der Waals surface area contributed by atoms with E-state index in [1.807, 2.05) is 26.2 Å². The molecule has 0 atom stereocenters. The standard InChI is InChI=1S/C12H16N4S/c1-16(2)8-7-14-12-13-6-5-10(15-12)11-4-3-9-17-11/h3-6,9H,7-8H2,1-2H3,(H,13,14,15). The largest absolute Gasteiger partial charge is 0.353 e. The molecule has 2 aromatic heterocycles. The number of likely N-dealkylation sites (N-methyl/N-ethyl adjacent to an activating group) is 1. The molecule has 1 N–H and O–H groups in total. The number of thiophene rings is 1. The third-order valence-corrected chi connectivity index (χ3v) is 3.16. The summed E-state index contributed by atoms with van der Waals surface area (Å²) in [5.74, 6) is 0.692. The Bertz CT molecular complexity index is 453. The van der Waals surface area contributed by atoms with Gasteiger partial charge < -0.3 is 10.2 Å². The second-order valence-corrected chi connectivity index (χ2v) is 4.92. The van der Waals surface area contributed by atoms with Gasteiger partial charge in [-0.15, -0.1) is 11.3 Å². The van der Waals surface area contributed by atoms with Crippen LogP contribution in [0.15, 0.2) is 29.8 Å². The van der Waals surface area contributed by atoms with Crippen molar-refractivity contribution in [2.75, 3.05) is 32.5 Å². The third-order valence-electron chi connectivity index (χ3n) is 2.27. The first-order valence-electron chi connectivity index (χ1n) is 5.51. The van der Waals surface area contributed by atoms with Crippen LogP contribution in [0.25, 0.3) is 10.6 Å². The van der Waals surface area contributed by atoms with Crippen molar-refractivity contribution in [3.05, 3.63) is 29.8 Å². The Labute approximate surface area is 105 Å². The molecule has 0 radical (unpaired) electrons. The molecule has 0 saturated heterocycles. The van der Waals surface area contributed by atoms with Gasteiger partial charge in [0.15, 0.2) is 0 Å². The van der Waals surface area contributed by atoms with Gasteiger partial charge in [0.2, 0.25) is 5.95 Å². The summed E-state index contributed by atoms with van der Waals surface area (Å²) in [6, 6.07) is 6.03. The zero-order valence-electron chi connectivity index (χ0n) is 10.1. The topological polar surface area (TPSA) is 41.0 Å². The first-order valence-corrected chi connectivity index (χ1v) is 6.39. The van der Waals surface area contributed by atoms with E-state index < -0.39 is 0 Å². The highest BCUT2D eigenvalue weighted by Gasteiger charge is 2.02. The molecule has 0 aliphatic rings. The van der Waals surface area contributed by atoms with Crippen LogP contribution in [0.3, 0.4) is 0 Å². The Hall–Kier alpha value is -1.46. The van der Waals surface area contributed by atoms with Gasteiger partial charge in [0.05, 0.1) is 10.6 Å². The average Bonchev–Trinajstić information content (AvgIpc) is 2.82. The van der Waals surface area contributed by atoms with Crippen molar-refractivity contribution in [3.8, 4) is 10.6 Å². The van der Waals surface area contributed by atoms with E-state index in [1.54, 1.807) is 17.5 Å². The third kappa shape index (κ3) is 3.51. The van der Waals surface area contributed by atoms with E-state index in [1.165, 1.54) is 4.88 Å². The van der Waals surface area contributed by atoms with Gasteiger partial charge in [0.25, 0.3) is 0 Å². The molecule has 0 aliphatic heterocycles. The molecule has 0 fully saturated rings. The van der Waals surface area contributed by atoms with Crippen molar-refractivity contribution in [1.82, 2.24) is 14.9 Å². The number of nitrogens with one attached hydrogen (secondary N) is 1. The van der Waals surface area contributed by atoms with E-state index in [-0.39, 0.29) is 0 Å². The van der Waals surface area contributed by atoms with Crippen LogP contribution in [0.4, 0.5) is 5.95 Å². The minimum absolute atomic E-state index is 0.692. The predicted molar refractivity (Wildman–Crippen MR) is 72.4 cm³/mol. The molecule has 0 aliphatic carbocycles. The molecule has 17 heavy (non-hydrogen) atoms. The van der Waals surface area contributed by atoms with Crippen molar-refractivity contribution in [3.63, 3.8) is 0 Å². The first kappa shape index (κ1) is 12.0. The van der Waals surface area contributed by atoms with Crippen molar-refractivity contribution in [2.45, 2.75) is 0 Å². The highest BCUT2D eigenvalue weighted by molar-refractivity contribution is 7.13. The predicted octanol–water partition coefficient (Wildman–Crippen LogP) is 2.18. The van der Waals surface area contributed by atoms with Crippen molar-refractivity contribution in [1.29, 1.82) is 0 Å². The van der Waals surface area contributed by atoms with E-state index in [9.17, 15) is 0 Å². The maximum Gasteiger partial charge on any atom is 0.223 e. The Kier molecular flexibility index (Phi) is 4.06. The molecule has 2 heterocycles. The summed E-state index contributed by atoms with van der Waals surface area (Å²) in [7, 11) is 4.09. The second-order valence-electron chi connectivity index (χ2n) is 3.97. The van der Waals surface area contributed by atoms with Crippen LogP contribution in [-0.4, -0.2) is 42.1 Å². The lowest BCUT2D eigenvalue weighted by Crippen LogP contribution is -2.21. The minimum Gasteiger partial charge on any atom is -0.353 e. The van der Waals surface area contributed by atoms with Gasteiger partial charge in [-0.05, 0) is 31.6 Å². The van der Waals surface area contributed by atoms with Crippen LogP contribution in [0.2, 0.25) is 0 Å². The Balaban J connectivity index is 2.02. The lowest BCUT2D eigenvalue weighted by molar-refractivity contribution is 0.425. The Morgan fingerprint density at radius 3 is 2.94 bits per heavy atom. The van der Waals surface area contributed by atoms with E-state index in [4.69, 9.17) is 0 Å². The van der Waals surface area contributed by atoms with Crippen LogP contribution < -0.4 is 5.32 Å². The fraction of sp³-hybridized carbons (Fsp3) is 0.333. The van der Waals surface area contributed by atoms with Crippen LogP contribution in [0.5, 0.6) is 0 Å². The van der Waals surface area contributed by atoms with Gasteiger partial charge in [-0.25, -0.2) is 9.97 Å². The van der Waals surface area contributed by atoms with E-state index >= 15 is 0 Å². The van der Waals surface area contributed by atoms with Crippen molar-refractivity contribution < 1.29 is 0 Å². The average molecular weight is 248 g/mol. The Morgan fingerprint density at radius 1 is 1.35 bits per heavy atom. The van der Waals surface area contributed by atoms with Gasteiger partial charge >= 0.3 is 0 Å². The van der Waals surface area contributed by atoms with Gasteiger partial charge in [-0.1, -0.05) is 6.07 Å². The lowest BCUT2D eigenvalue weighted by Gasteiger charge is -2.10. The molecule has 0 unspecified atom stereocenters. The lowest BCUT2D eigenvalue weighted by atomic mass is 10.3. The number of aromatic nitrogens is 2. The summed E-state index contributed by atoms with van der Waals surface area (Å²) in [5.41, 5.74) is 0.974. The Morgan fingerprint density at radius 2 is 2.24 bits per heavy atom. The van der Waals surface area contributed by atoms with Crippen molar-refractivity contribution in [2.24, 2.45) is 0 Å². The maximum atomic E-state index is 4.48. The molecular formula is C12H16N4S. The van der Waals surface area contributed by atoms with Gasteiger partial charge in [0.1, 0.15) is 0 Å². The van der Waals surface area contributed by atoms with Crippen LogP contribution in [-0.2, 0) is 0 Å². The summed E-state index contributed by atoms with van der Waals surface area (Å²) in [6.07, 6.45) is 1.79. The molecule has 4 nitrogen and oxygen atoms in total. The zero-order chi connectivity index (χ0) is 12.1. The molecule has 5 heteroatoms. The molecule has 0 amide bonds. The van der Waals surface area contributed by atoms with E-state index in [2.05, 4.69) is 31.6 Å². The second kappa shape index (κ2) is 5.75. The fourth-order valence-electron chi connectivity index (χ4n) is 1.40. The van der Waals surface area contributed by atoms with Gasteiger partial charge in [0, 0.05) is 19.3 Å². The quantitative estimate of drug-likeness (QED) is 0.880. The van der Waals surface area contributed by atoms with E-state index in [0.29, 0.717) is 5.95 Å². The van der Waals surface area contributed by atoms with Crippen LogP contribution in [0, 0.1) is 0 Å². The number of hydrogen-bond donors (Lipinski definition) is 1. The number of nitrogens with zero attached hydrogens (tertiary/aromatic N) is 3. The first-order chi connectivity index (χ1) is 8.25. The molecule has 0 saturated carbocycles. The fourth-order valence-corrected chi connectivity index (χ4v) is 2.09. The number of rotatable bonds is 5. The monoisotopic (exact) mass is 248 g/mol. The minimum atomic E-state index is 0.692. The zero-order valence-corrected chi connectivity index (χ0v) is 10.9. The maximum absolute atomic E-state index is 4.48.